The summed E-state index contributed by atoms with van der Waals surface area (Å²) in [5.74, 6) is 0.719. The van der Waals surface area contributed by atoms with Gasteiger partial charge in [-0.15, -0.1) is 0 Å². The van der Waals surface area contributed by atoms with Crippen molar-refractivity contribution in [2.45, 2.75) is 38.1 Å². The van der Waals surface area contributed by atoms with Gasteiger partial charge in [-0.05, 0) is 62.2 Å². The van der Waals surface area contributed by atoms with Crippen LogP contribution < -0.4 is 5.32 Å². The van der Waals surface area contributed by atoms with Crippen LogP contribution in [-0.4, -0.2) is 63.5 Å². The number of pyridine rings is 2. The molecule has 8 nitrogen and oxygen atoms in total. The molecule has 9 heteroatoms. The third-order valence-corrected chi connectivity index (χ3v) is 7.78. The Hall–Kier alpha value is -4.11. The van der Waals surface area contributed by atoms with E-state index in [0.717, 1.165) is 46.7 Å². The Kier molecular flexibility index (Phi) is 6.38. The first kappa shape index (κ1) is 25.2. The van der Waals surface area contributed by atoms with Gasteiger partial charge in [-0.2, -0.15) is 0 Å². The van der Waals surface area contributed by atoms with E-state index >= 15 is 0 Å². The monoisotopic (exact) mass is 526 g/mol. The van der Waals surface area contributed by atoms with E-state index in [1.54, 1.807) is 17.3 Å². The van der Waals surface area contributed by atoms with Gasteiger partial charge < -0.3 is 15.1 Å². The molecule has 0 spiro atoms. The van der Waals surface area contributed by atoms with Crippen LogP contribution in [0.1, 0.15) is 52.4 Å². The molecule has 0 unspecified atom stereocenters. The Morgan fingerprint density at radius 3 is 2.77 bits per heavy atom. The third-order valence-electron chi connectivity index (χ3n) is 7.78. The smallest absolute Gasteiger partial charge is 0.222 e. The molecule has 39 heavy (non-hydrogen) atoms. The molecular formula is C30H31FN6O2. The first-order chi connectivity index (χ1) is 18.8. The van der Waals surface area contributed by atoms with E-state index in [4.69, 9.17) is 4.98 Å². The highest BCUT2D eigenvalue weighted by Gasteiger charge is 2.29. The largest absolute Gasteiger partial charge is 0.346 e. The van der Waals surface area contributed by atoms with Gasteiger partial charge in [0.15, 0.2) is 5.78 Å². The number of nitrogens with zero attached hydrogens (tertiary/aromatic N) is 5. The maximum atomic E-state index is 13.7. The third kappa shape index (κ3) is 4.67. The molecule has 1 fully saturated rings. The van der Waals surface area contributed by atoms with Gasteiger partial charge >= 0.3 is 0 Å². The Labute approximate surface area is 226 Å². The zero-order chi connectivity index (χ0) is 27.3. The van der Waals surface area contributed by atoms with Crippen LogP contribution in [0.2, 0.25) is 0 Å². The summed E-state index contributed by atoms with van der Waals surface area (Å²) in [6.45, 7) is 1.39. The van der Waals surface area contributed by atoms with Crippen molar-refractivity contribution < 1.29 is 14.0 Å². The van der Waals surface area contributed by atoms with Crippen LogP contribution in [0.15, 0.2) is 48.8 Å². The lowest BCUT2D eigenvalue weighted by Gasteiger charge is -2.30. The number of Topliss-reactive ketones (excluding diaryl/α,β-unsaturated/α-hetero) is 1. The van der Waals surface area contributed by atoms with Crippen molar-refractivity contribution in [2.75, 3.05) is 33.0 Å². The van der Waals surface area contributed by atoms with Gasteiger partial charge in [-0.25, -0.2) is 14.4 Å². The number of nitrogens with one attached hydrogen (secondary N) is 1. The summed E-state index contributed by atoms with van der Waals surface area (Å²) >= 11 is 0. The van der Waals surface area contributed by atoms with Crippen molar-refractivity contribution in [3.8, 4) is 11.3 Å². The minimum absolute atomic E-state index is 0.0872. The van der Waals surface area contributed by atoms with E-state index in [-0.39, 0.29) is 23.4 Å². The maximum absolute atomic E-state index is 13.7. The number of ketones is 1. The number of amides is 1. The summed E-state index contributed by atoms with van der Waals surface area (Å²) in [6, 6.07) is 10.7. The highest BCUT2D eigenvalue weighted by molar-refractivity contribution is 6.07. The predicted octanol–water partition coefficient (Wildman–Crippen LogP) is 4.81. The summed E-state index contributed by atoms with van der Waals surface area (Å²) in [5, 5.41) is 3.41. The highest BCUT2D eigenvalue weighted by atomic mass is 19.1. The molecule has 0 saturated carbocycles. The number of fused-ring (bicyclic) bond motifs is 2. The molecule has 1 aromatic carbocycles. The molecule has 6 rings (SSSR count). The van der Waals surface area contributed by atoms with Gasteiger partial charge in [0.1, 0.15) is 17.3 Å². The number of rotatable bonds is 6. The normalized spacial score (nSPS) is 17.4. The van der Waals surface area contributed by atoms with Crippen LogP contribution in [0, 0.1) is 5.82 Å². The standard InChI is InChI=1S/C30H31FN6O2/c1-35(2)17-24-20(18-10-12-36(3)29(39)14-18)6-9-27(34-24)33-23-7-4-21(22-5-8-26(38)30(22)23)25-16-32-28-15-19(31)11-13-37(25)28/h4,6-7,9,11,13,15-16,18H,5,8,10,12,14,17H2,1-3H3,(H,33,34)/t18-/m0/s1. The average Bonchev–Trinajstić information content (AvgIpc) is 3.49. The van der Waals surface area contributed by atoms with Crippen LogP contribution in [0.3, 0.4) is 0 Å². The lowest BCUT2D eigenvalue weighted by atomic mass is 9.88. The van der Waals surface area contributed by atoms with Crippen molar-refractivity contribution in [1.82, 2.24) is 24.2 Å². The minimum Gasteiger partial charge on any atom is -0.346 e. The second-order valence-corrected chi connectivity index (χ2v) is 10.8. The molecule has 1 aliphatic carbocycles. The molecule has 1 aliphatic heterocycles. The van der Waals surface area contributed by atoms with E-state index in [2.05, 4.69) is 21.3 Å². The predicted molar refractivity (Wildman–Crippen MR) is 148 cm³/mol. The number of hydrogen-bond donors (Lipinski definition) is 1. The van der Waals surface area contributed by atoms with Gasteiger partial charge in [-0.1, -0.05) is 12.1 Å². The van der Waals surface area contributed by atoms with Gasteiger partial charge in [0, 0.05) is 56.4 Å². The Bertz CT molecular complexity index is 1610. The summed E-state index contributed by atoms with van der Waals surface area (Å²) in [6.07, 6.45) is 5.87. The second-order valence-electron chi connectivity index (χ2n) is 10.8. The molecule has 0 bridgehead atoms. The lowest BCUT2D eigenvalue weighted by Crippen LogP contribution is -2.35. The van der Waals surface area contributed by atoms with E-state index in [0.29, 0.717) is 42.8 Å². The Balaban J connectivity index is 1.35. The molecule has 4 heterocycles. The number of aromatic nitrogens is 3. The molecule has 2 aliphatic rings. The Morgan fingerprint density at radius 2 is 1.97 bits per heavy atom. The number of carbonyl (C=O) groups is 2. The number of carbonyl (C=O) groups excluding carboxylic acids is 2. The summed E-state index contributed by atoms with van der Waals surface area (Å²) < 4.78 is 15.6. The van der Waals surface area contributed by atoms with E-state index in [1.807, 2.05) is 43.7 Å². The average molecular weight is 527 g/mol. The van der Waals surface area contributed by atoms with Crippen molar-refractivity contribution in [3.63, 3.8) is 0 Å². The first-order valence-electron chi connectivity index (χ1n) is 13.3. The molecule has 4 aromatic rings. The van der Waals surface area contributed by atoms with Gasteiger partial charge in [0.05, 0.1) is 23.3 Å². The molecule has 1 atom stereocenters. The van der Waals surface area contributed by atoms with E-state index in [1.165, 1.54) is 12.1 Å². The minimum atomic E-state index is -0.339. The Morgan fingerprint density at radius 1 is 1.13 bits per heavy atom. The van der Waals surface area contributed by atoms with Gasteiger partial charge in [0.2, 0.25) is 5.91 Å². The number of hydrogen-bond acceptors (Lipinski definition) is 6. The van der Waals surface area contributed by atoms with Crippen molar-refractivity contribution in [2.24, 2.45) is 0 Å². The summed E-state index contributed by atoms with van der Waals surface area (Å²) in [5.41, 5.74) is 6.67. The van der Waals surface area contributed by atoms with E-state index in [9.17, 15) is 14.0 Å². The summed E-state index contributed by atoms with van der Waals surface area (Å²) in [4.78, 5) is 38.6. The van der Waals surface area contributed by atoms with Crippen LogP contribution in [0.25, 0.3) is 16.9 Å². The van der Waals surface area contributed by atoms with Gasteiger partial charge in [0.25, 0.3) is 0 Å². The molecular weight excluding hydrogens is 495 g/mol. The topological polar surface area (TPSA) is 82.8 Å². The SMILES string of the molecule is CN(C)Cc1nc(Nc2ccc(-c3cnc4cc(F)ccn34)c3c2C(=O)CC3)ccc1[C@H]1CCN(C)C(=O)C1. The quantitative estimate of drug-likeness (QED) is 0.389. The van der Waals surface area contributed by atoms with Crippen LogP contribution in [-0.2, 0) is 17.8 Å². The molecule has 3 aromatic heterocycles. The number of anilines is 2. The maximum Gasteiger partial charge on any atom is 0.222 e. The van der Waals surface area contributed by atoms with Crippen LogP contribution >= 0.6 is 0 Å². The van der Waals surface area contributed by atoms with Crippen LogP contribution in [0.4, 0.5) is 15.9 Å². The zero-order valence-electron chi connectivity index (χ0n) is 22.4. The fourth-order valence-corrected chi connectivity index (χ4v) is 5.81. The molecule has 1 amide bonds. The molecule has 1 saturated heterocycles. The number of likely N-dealkylation sites (tertiary alicyclic amines) is 1. The van der Waals surface area contributed by atoms with Crippen LogP contribution in [0.5, 0.6) is 0 Å². The zero-order valence-corrected chi connectivity index (χ0v) is 22.4. The first-order valence-corrected chi connectivity index (χ1v) is 13.3. The molecule has 200 valence electrons. The number of halogens is 1. The second kappa shape index (κ2) is 9.89. The van der Waals surface area contributed by atoms with Crippen molar-refractivity contribution in [1.29, 1.82) is 0 Å². The highest BCUT2D eigenvalue weighted by Crippen LogP contribution is 2.38. The molecule has 1 N–H and O–H groups in total. The lowest BCUT2D eigenvalue weighted by molar-refractivity contribution is -0.132. The van der Waals surface area contributed by atoms with Crippen molar-refractivity contribution >= 4 is 28.8 Å². The van der Waals surface area contributed by atoms with Gasteiger partial charge in [-0.3, -0.25) is 14.0 Å². The number of benzene rings is 1. The number of imidazole rings is 1. The molecule has 0 radical (unpaired) electrons. The fraction of sp³-hybridized carbons (Fsp3) is 0.333. The summed E-state index contributed by atoms with van der Waals surface area (Å²) in [7, 11) is 5.86. The number of piperidine rings is 1. The van der Waals surface area contributed by atoms with E-state index < -0.39 is 0 Å². The van der Waals surface area contributed by atoms with Crippen molar-refractivity contribution in [3.05, 3.63) is 77.0 Å². The fourth-order valence-electron chi connectivity index (χ4n) is 5.81.